The summed E-state index contributed by atoms with van der Waals surface area (Å²) < 4.78 is 0. The van der Waals surface area contributed by atoms with E-state index in [1.165, 1.54) is 23.9 Å². The molecule has 122 valence electrons. The minimum absolute atomic E-state index is 0. The first kappa shape index (κ1) is 18.7. The van der Waals surface area contributed by atoms with E-state index in [2.05, 4.69) is 5.32 Å². The van der Waals surface area contributed by atoms with E-state index in [4.69, 9.17) is 5.73 Å². The van der Waals surface area contributed by atoms with Gasteiger partial charge in [-0.3, -0.25) is 14.9 Å². The summed E-state index contributed by atoms with van der Waals surface area (Å²) in [5.41, 5.74) is 5.99. The van der Waals surface area contributed by atoms with Crippen molar-refractivity contribution in [2.24, 2.45) is 11.7 Å². The molecule has 1 aliphatic carbocycles. The van der Waals surface area contributed by atoms with Gasteiger partial charge in [0.05, 0.1) is 10.2 Å². The van der Waals surface area contributed by atoms with Gasteiger partial charge in [0.15, 0.2) is 0 Å². The second-order valence-electron chi connectivity index (χ2n) is 5.26. The molecule has 1 aliphatic rings. The third-order valence-corrected chi connectivity index (χ3v) is 4.58. The molecule has 0 aliphatic heterocycles. The van der Waals surface area contributed by atoms with E-state index in [9.17, 15) is 14.9 Å². The van der Waals surface area contributed by atoms with Crippen LogP contribution in [0, 0.1) is 16.0 Å². The van der Waals surface area contributed by atoms with Crippen molar-refractivity contribution >= 4 is 35.8 Å². The number of nitro benzene ring substituents is 1. The molecule has 0 saturated heterocycles. The second kappa shape index (κ2) is 8.36. The molecule has 1 amide bonds. The van der Waals surface area contributed by atoms with Gasteiger partial charge in [0, 0.05) is 29.6 Å². The Hall–Kier alpha value is -1.31. The van der Waals surface area contributed by atoms with Crippen molar-refractivity contribution < 1.29 is 9.72 Å². The van der Waals surface area contributed by atoms with Gasteiger partial charge in [-0.05, 0) is 37.8 Å². The largest absolute Gasteiger partial charge is 0.354 e. The van der Waals surface area contributed by atoms with E-state index >= 15 is 0 Å². The van der Waals surface area contributed by atoms with Gasteiger partial charge in [0.1, 0.15) is 0 Å². The van der Waals surface area contributed by atoms with Crippen LogP contribution in [0.3, 0.4) is 0 Å². The Morgan fingerprint density at radius 2 is 2.05 bits per heavy atom. The second-order valence-corrected chi connectivity index (χ2v) is 6.67. The lowest BCUT2D eigenvalue weighted by molar-refractivity contribution is -0.384. The highest BCUT2D eigenvalue weighted by molar-refractivity contribution is 8.00. The molecule has 1 aromatic rings. The number of nitrogens with zero attached hydrogens (tertiary/aromatic N) is 1. The minimum atomic E-state index is -0.441. The molecule has 8 heteroatoms. The van der Waals surface area contributed by atoms with Gasteiger partial charge in [-0.25, -0.2) is 0 Å². The average Bonchev–Trinajstić information content (AvgIpc) is 3.29. The molecule has 1 fully saturated rings. The van der Waals surface area contributed by atoms with Crippen molar-refractivity contribution in [3.63, 3.8) is 0 Å². The number of rotatable bonds is 7. The summed E-state index contributed by atoms with van der Waals surface area (Å²) >= 11 is 1.37. The molecule has 22 heavy (non-hydrogen) atoms. The van der Waals surface area contributed by atoms with Crippen LogP contribution in [0.15, 0.2) is 29.2 Å². The zero-order chi connectivity index (χ0) is 15.4. The van der Waals surface area contributed by atoms with Crippen LogP contribution in [0.1, 0.15) is 19.8 Å². The van der Waals surface area contributed by atoms with E-state index in [0.717, 1.165) is 17.7 Å². The third kappa shape index (κ3) is 5.47. The molecule has 2 atom stereocenters. The van der Waals surface area contributed by atoms with Crippen LogP contribution in [0.5, 0.6) is 0 Å². The first-order valence-corrected chi connectivity index (χ1v) is 7.79. The number of nitrogens with two attached hydrogens (primary N) is 1. The predicted molar refractivity (Wildman–Crippen MR) is 89.4 cm³/mol. The Labute approximate surface area is 139 Å². The van der Waals surface area contributed by atoms with Gasteiger partial charge < -0.3 is 11.1 Å². The standard InChI is InChI=1S/C14H19N3O3S.ClH/c1-9(14(18)16-8-13(15)10-2-3-10)21-12-6-4-11(5-7-12)17(19)20;/h4-7,9-10,13H,2-3,8,15H2,1H3,(H,16,18);1H. The summed E-state index contributed by atoms with van der Waals surface area (Å²) in [6.45, 7) is 2.32. The number of carbonyl (C=O) groups excluding carboxylic acids is 1. The van der Waals surface area contributed by atoms with E-state index in [1.807, 2.05) is 6.92 Å². The molecule has 3 N–H and O–H groups in total. The normalized spacial score (nSPS) is 16.3. The molecule has 2 rings (SSSR count). The van der Waals surface area contributed by atoms with Crippen molar-refractivity contribution in [2.45, 2.75) is 36.0 Å². The van der Waals surface area contributed by atoms with Crippen LogP contribution in [0.4, 0.5) is 5.69 Å². The van der Waals surface area contributed by atoms with Crippen LogP contribution in [0.2, 0.25) is 0 Å². The molecular weight excluding hydrogens is 326 g/mol. The number of nitro groups is 1. The van der Waals surface area contributed by atoms with E-state index in [-0.39, 0.29) is 35.3 Å². The fourth-order valence-corrected chi connectivity index (χ4v) is 2.85. The molecular formula is C14H20ClN3O3S. The molecule has 0 bridgehead atoms. The van der Waals surface area contributed by atoms with Gasteiger partial charge in [0.25, 0.3) is 5.69 Å². The molecule has 1 aromatic carbocycles. The number of non-ortho nitro benzene ring substituents is 1. The zero-order valence-electron chi connectivity index (χ0n) is 12.2. The van der Waals surface area contributed by atoms with E-state index in [0.29, 0.717) is 12.5 Å². The number of halogens is 1. The Morgan fingerprint density at radius 3 is 2.55 bits per heavy atom. The smallest absolute Gasteiger partial charge is 0.269 e. The van der Waals surface area contributed by atoms with Gasteiger partial charge in [-0.1, -0.05) is 0 Å². The van der Waals surface area contributed by atoms with Crippen molar-refractivity contribution in [1.82, 2.24) is 5.32 Å². The third-order valence-electron chi connectivity index (χ3n) is 3.47. The first-order chi connectivity index (χ1) is 9.97. The molecule has 1 saturated carbocycles. The van der Waals surface area contributed by atoms with Gasteiger partial charge in [-0.15, -0.1) is 24.2 Å². The monoisotopic (exact) mass is 345 g/mol. The maximum atomic E-state index is 12.0. The number of nitrogens with one attached hydrogen (secondary N) is 1. The highest BCUT2D eigenvalue weighted by atomic mass is 35.5. The molecule has 0 heterocycles. The zero-order valence-corrected chi connectivity index (χ0v) is 13.9. The quantitative estimate of drug-likeness (QED) is 0.449. The highest BCUT2D eigenvalue weighted by Crippen LogP contribution is 2.31. The number of thioether (sulfide) groups is 1. The van der Waals surface area contributed by atoms with Crippen molar-refractivity contribution in [2.75, 3.05) is 6.54 Å². The molecule has 0 spiro atoms. The molecule has 2 unspecified atom stereocenters. The number of amides is 1. The highest BCUT2D eigenvalue weighted by Gasteiger charge is 2.28. The number of hydrogen-bond donors (Lipinski definition) is 2. The van der Waals surface area contributed by atoms with Crippen LogP contribution in [0.25, 0.3) is 0 Å². The summed E-state index contributed by atoms with van der Waals surface area (Å²) in [7, 11) is 0. The fraction of sp³-hybridized carbons (Fsp3) is 0.500. The number of benzene rings is 1. The summed E-state index contributed by atoms with van der Waals surface area (Å²) in [5, 5.41) is 13.2. The average molecular weight is 346 g/mol. The van der Waals surface area contributed by atoms with Crippen LogP contribution in [-0.4, -0.2) is 28.7 Å². The Balaban J connectivity index is 0.00000242. The van der Waals surface area contributed by atoms with Crippen molar-refractivity contribution in [3.8, 4) is 0 Å². The summed E-state index contributed by atoms with van der Waals surface area (Å²) in [4.78, 5) is 22.9. The maximum absolute atomic E-state index is 12.0. The predicted octanol–water partition coefficient (Wildman–Crippen LogP) is 2.35. The van der Waals surface area contributed by atoms with Crippen molar-refractivity contribution in [3.05, 3.63) is 34.4 Å². The summed E-state index contributed by atoms with van der Waals surface area (Å²) in [6, 6.07) is 6.24. The van der Waals surface area contributed by atoms with Crippen LogP contribution in [-0.2, 0) is 4.79 Å². The SMILES string of the molecule is CC(Sc1ccc([N+](=O)[O-])cc1)C(=O)NCC(N)C1CC1.Cl. The Kier molecular flexibility index (Phi) is 7.12. The van der Waals surface area contributed by atoms with Gasteiger partial charge in [0.2, 0.25) is 5.91 Å². The summed E-state index contributed by atoms with van der Waals surface area (Å²) in [6.07, 6.45) is 2.31. The topological polar surface area (TPSA) is 98.3 Å². The number of hydrogen-bond acceptors (Lipinski definition) is 5. The lowest BCUT2D eigenvalue weighted by atomic mass is 10.2. The Bertz CT molecular complexity index is 523. The summed E-state index contributed by atoms with van der Waals surface area (Å²) in [5.74, 6) is 0.498. The molecule has 6 nitrogen and oxygen atoms in total. The lowest BCUT2D eigenvalue weighted by Gasteiger charge is -2.15. The maximum Gasteiger partial charge on any atom is 0.269 e. The van der Waals surface area contributed by atoms with E-state index in [1.54, 1.807) is 12.1 Å². The van der Waals surface area contributed by atoms with E-state index < -0.39 is 4.92 Å². The first-order valence-electron chi connectivity index (χ1n) is 6.92. The minimum Gasteiger partial charge on any atom is -0.354 e. The lowest BCUT2D eigenvalue weighted by Crippen LogP contribution is -2.41. The number of carbonyl (C=O) groups is 1. The van der Waals surface area contributed by atoms with Crippen LogP contribution >= 0.6 is 24.2 Å². The van der Waals surface area contributed by atoms with Crippen LogP contribution < -0.4 is 11.1 Å². The Morgan fingerprint density at radius 1 is 1.45 bits per heavy atom. The molecule has 0 radical (unpaired) electrons. The van der Waals surface area contributed by atoms with Gasteiger partial charge in [-0.2, -0.15) is 0 Å². The van der Waals surface area contributed by atoms with Gasteiger partial charge >= 0.3 is 0 Å². The fourth-order valence-electron chi connectivity index (χ4n) is 1.96. The van der Waals surface area contributed by atoms with Crippen molar-refractivity contribution in [1.29, 1.82) is 0 Å². The molecule has 0 aromatic heterocycles.